The van der Waals surface area contributed by atoms with E-state index in [0.717, 1.165) is 25.0 Å². The Morgan fingerprint density at radius 3 is 2.76 bits per heavy atom. The van der Waals surface area contributed by atoms with Crippen LogP contribution >= 0.6 is 0 Å². The zero-order valence-electron chi connectivity index (χ0n) is 16.7. The van der Waals surface area contributed by atoms with E-state index in [2.05, 4.69) is 10.6 Å². The van der Waals surface area contributed by atoms with Crippen molar-refractivity contribution in [2.45, 2.75) is 38.0 Å². The number of nitrogens with one attached hydrogen (secondary N) is 2. The van der Waals surface area contributed by atoms with Gasteiger partial charge in [-0.05, 0) is 25.3 Å². The third kappa shape index (κ3) is 3.60. The maximum atomic E-state index is 13.3. The smallest absolute Gasteiger partial charge is 0.322 e. The highest BCUT2D eigenvalue weighted by Crippen LogP contribution is 2.36. The number of ether oxygens (including phenoxy) is 1. The number of carbonyl (C=O) groups excluding carboxylic acids is 3. The molecule has 3 aliphatic heterocycles. The van der Waals surface area contributed by atoms with Crippen molar-refractivity contribution < 1.29 is 19.1 Å². The molecule has 4 amide bonds. The number of carbonyl (C=O) groups is 3. The summed E-state index contributed by atoms with van der Waals surface area (Å²) in [4.78, 5) is 41.4. The fourth-order valence-electron chi connectivity index (χ4n) is 4.11. The first-order valence-electron chi connectivity index (χ1n) is 10.00. The molecule has 1 aromatic rings. The highest BCUT2D eigenvalue weighted by atomic mass is 16.5. The maximum Gasteiger partial charge on any atom is 0.322 e. The minimum atomic E-state index is -0.644. The quantitative estimate of drug-likeness (QED) is 0.779. The largest absolute Gasteiger partial charge is 0.376 e. The molecular weight excluding hydrogens is 372 g/mol. The molecule has 3 aliphatic rings. The second kappa shape index (κ2) is 7.87. The van der Waals surface area contributed by atoms with Crippen molar-refractivity contribution in [1.82, 2.24) is 20.4 Å². The van der Waals surface area contributed by atoms with E-state index in [4.69, 9.17) is 4.74 Å². The lowest BCUT2D eigenvalue weighted by atomic mass is 9.96. The number of benzene rings is 1. The Labute approximate surface area is 169 Å². The monoisotopic (exact) mass is 398 g/mol. The summed E-state index contributed by atoms with van der Waals surface area (Å²) in [6.07, 6.45) is 1.98. The van der Waals surface area contributed by atoms with E-state index in [1.807, 2.05) is 30.3 Å². The SMILES string of the molecule is C[C@H](C(=O)NC[C@H]1CCCO1)N1CC2=C(C1=O)[C@@H](c1ccccc1)NC(=O)N2C. The van der Waals surface area contributed by atoms with Crippen LogP contribution in [0, 0.1) is 0 Å². The topological polar surface area (TPSA) is 91.0 Å². The second-order valence-corrected chi connectivity index (χ2v) is 7.70. The van der Waals surface area contributed by atoms with E-state index < -0.39 is 12.1 Å². The summed E-state index contributed by atoms with van der Waals surface area (Å²) in [6, 6.07) is 7.98. The Morgan fingerprint density at radius 2 is 2.07 bits per heavy atom. The van der Waals surface area contributed by atoms with Crippen molar-refractivity contribution in [3.8, 4) is 0 Å². The molecule has 0 aromatic heterocycles. The zero-order chi connectivity index (χ0) is 20.5. The molecule has 8 heteroatoms. The standard InChI is InChI=1S/C21H26N4O4/c1-13(19(26)22-11-15-9-6-10-29-15)25-12-16-17(20(25)27)18(23-21(28)24(16)2)14-7-4-3-5-8-14/h3-5,7-8,13,15,18H,6,9-12H2,1-2H3,(H,22,26)(H,23,28)/t13-,15-,18-/m1/s1. The average Bonchev–Trinajstić information content (AvgIpc) is 3.37. The van der Waals surface area contributed by atoms with Crippen molar-refractivity contribution in [3.63, 3.8) is 0 Å². The summed E-state index contributed by atoms with van der Waals surface area (Å²) < 4.78 is 5.54. The Hall–Kier alpha value is -2.87. The summed E-state index contributed by atoms with van der Waals surface area (Å²) in [7, 11) is 1.64. The number of nitrogens with zero attached hydrogens (tertiary/aromatic N) is 2. The Kier molecular flexibility index (Phi) is 5.27. The molecule has 1 aromatic carbocycles. The van der Waals surface area contributed by atoms with Crippen LogP contribution in [0.3, 0.4) is 0 Å². The van der Waals surface area contributed by atoms with Gasteiger partial charge in [0.25, 0.3) is 5.91 Å². The van der Waals surface area contributed by atoms with Gasteiger partial charge < -0.3 is 20.3 Å². The van der Waals surface area contributed by atoms with Gasteiger partial charge in [0.1, 0.15) is 6.04 Å². The Bertz CT molecular complexity index is 847. The van der Waals surface area contributed by atoms with Gasteiger partial charge >= 0.3 is 6.03 Å². The van der Waals surface area contributed by atoms with Gasteiger partial charge in [0.05, 0.1) is 30.0 Å². The molecule has 1 saturated heterocycles. The highest BCUT2D eigenvalue weighted by Gasteiger charge is 2.45. The van der Waals surface area contributed by atoms with Crippen LogP contribution in [0.5, 0.6) is 0 Å². The minimum Gasteiger partial charge on any atom is -0.376 e. The van der Waals surface area contributed by atoms with Crippen LogP contribution in [0.2, 0.25) is 0 Å². The first kappa shape index (κ1) is 19.4. The van der Waals surface area contributed by atoms with E-state index in [0.29, 0.717) is 17.8 Å². The second-order valence-electron chi connectivity index (χ2n) is 7.70. The van der Waals surface area contributed by atoms with Crippen LogP contribution in [-0.2, 0) is 14.3 Å². The molecule has 0 aliphatic carbocycles. The summed E-state index contributed by atoms with van der Waals surface area (Å²) in [5.74, 6) is -0.438. The summed E-state index contributed by atoms with van der Waals surface area (Å²) in [5, 5.41) is 5.79. The number of hydrogen-bond acceptors (Lipinski definition) is 4. The Balaban J connectivity index is 1.51. The van der Waals surface area contributed by atoms with Crippen LogP contribution in [0.15, 0.2) is 41.6 Å². The van der Waals surface area contributed by atoms with Crippen molar-refractivity contribution in [3.05, 3.63) is 47.2 Å². The molecule has 0 bridgehead atoms. The molecule has 0 saturated carbocycles. The van der Waals surface area contributed by atoms with E-state index in [9.17, 15) is 14.4 Å². The molecule has 0 radical (unpaired) electrons. The zero-order valence-corrected chi connectivity index (χ0v) is 16.7. The van der Waals surface area contributed by atoms with Crippen LogP contribution in [0.4, 0.5) is 4.79 Å². The summed E-state index contributed by atoms with van der Waals surface area (Å²) >= 11 is 0. The van der Waals surface area contributed by atoms with E-state index >= 15 is 0 Å². The van der Waals surface area contributed by atoms with Gasteiger partial charge in [-0.1, -0.05) is 30.3 Å². The van der Waals surface area contributed by atoms with Gasteiger partial charge in [-0.3, -0.25) is 14.5 Å². The van der Waals surface area contributed by atoms with E-state index in [1.165, 1.54) is 9.80 Å². The minimum absolute atomic E-state index is 0.0437. The van der Waals surface area contributed by atoms with Gasteiger partial charge in [0.2, 0.25) is 5.91 Å². The van der Waals surface area contributed by atoms with Crippen molar-refractivity contribution in [2.24, 2.45) is 0 Å². The molecule has 4 rings (SSSR count). The fraction of sp³-hybridized carbons (Fsp3) is 0.476. The normalized spacial score (nSPS) is 25.2. The maximum absolute atomic E-state index is 13.3. The van der Waals surface area contributed by atoms with E-state index in [1.54, 1.807) is 14.0 Å². The first-order valence-corrected chi connectivity index (χ1v) is 10.00. The van der Waals surface area contributed by atoms with Crippen LogP contribution in [0.1, 0.15) is 31.4 Å². The third-order valence-electron chi connectivity index (χ3n) is 5.90. The lowest BCUT2D eigenvalue weighted by Crippen LogP contribution is -2.48. The lowest BCUT2D eigenvalue weighted by Gasteiger charge is -2.31. The number of likely N-dealkylation sites (N-methyl/N-ethyl adjacent to an activating group) is 1. The number of rotatable bonds is 5. The van der Waals surface area contributed by atoms with Crippen LogP contribution < -0.4 is 10.6 Å². The van der Waals surface area contributed by atoms with Crippen molar-refractivity contribution >= 4 is 17.8 Å². The molecule has 154 valence electrons. The molecule has 0 unspecified atom stereocenters. The molecule has 3 atom stereocenters. The van der Waals surface area contributed by atoms with Gasteiger partial charge in [-0.15, -0.1) is 0 Å². The van der Waals surface area contributed by atoms with Crippen LogP contribution in [0.25, 0.3) is 0 Å². The van der Waals surface area contributed by atoms with Crippen molar-refractivity contribution in [1.29, 1.82) is 0 Å². The molecule has 8 nitrogen and oxygen atoms in total. The van der Waals surface area contributed by atoms with Gasteiger partial charge in [-0.2, -0.15) is 0 Å². The predicted molar refractivity (Wildman–Crippen MR) is 106 cm³/mol. The van der Waals surface area contributed by atoms with Crippen molar-refractivity contribution in [2.75, 3.05) is 26.7 Å². The predicted octanol–water partition coefficient (Wildman–Crippen LogP) is 1.16. The van der Waals surface area contributed by atoms with E-state index in [-0.39, 0.29) is 30.5 Å². The number of amides is 4. The Morgan fingerprint density at radius 1 is 1.31 bits per heavy atom. The average molecular weight is 398 g/mol. The number of hydrogen-bond donors (Lipinski definition) is 2. The van der Waals surface area contributed by atoms with Gasteiger partial charge in [0.15, 0.2) is 0 Å². The third-order valence-corrected chi connectivity index (χ3v) is 5.90. The summed E-state index contributed by atoms with van der Waals surface area (Å²) in [6.45, 7) is 3.13. The fourth-order valence-corrected chi connectivity index (χ4v) is 4.11. The summed E-state index contributed by atoms with van der Waals surface area (Å²) in [5.41, 5.74) is 2.01. The molecule has 1 fully saturated rings. The lowest BCUT2D eigenvalue weighted by molar-refractivity contribution is -0.136. The number of urea groups is 1. The molecular formula is C21H26N4O4. The first-order chi connectivity index (χ1) is 14.0. The van der Waals surface area contributed by atoms with Crippen LogP contribution in [-0.4, -0.2) is 66.5 Å². The highest BCUT2D eigenvalue weighted by molar-refractivity contribution is 6.03. The molecule has 29 heavy (non-hydrogen) atoms. The molecule has 3 heterocycles. The molecule has 2 N–H and O–H groups in total. The van der Waals surface area contributed by atoms with Gasteiger partial charge in [-0.25, -0.2) is 4.79 Å². The van der Waals surface area contributed by atoms with Gasteiger partial charge in [0, 0.05) is 20.2 Å². The molecule has 0 spiro atoms.